The first-order chi connectivity index (χ1) is 15.7. The predicted octanol–water partition coefficient (Wildman–Crippen LogP) is 3.39. The zero-order valence-corrected chi connectivity index (χ0v) is 17.3. The van der Waals surface area contributed by atoms with Gasteiger partial charge in [0.2, 0.25) is 0 Å². The molecule has 6 nitrogen and oxygen atoms in total. The Morgan fingerprint density at radius 2 is 1.53 bits per heavy atom. The van der Waals surface area contributed by atoms with Gasteiger partial charge in [0.25, 0.3) is 0 Å². The molecule has 0 saturated carbocycles. The summed E-state index contributed by atoms with van der Waals surface area (Å²) in [5.74, 6) is 0.192. The van der Waals surface area contributed by atoms with Crippen LogP contribution in [0, 0.1) is 0 Å². The molecule has 156 valence electrons. The normalized spacial score (nSPS) is 10.9. The van der Waals surface area contributed by atoms with Crippen LogP contribution in [0.2, 0.25) is 0 Å². The third-order valence-corrected chi connectivity index (χ3v) is 5.31. The molecule has 0 aliphatic rings. The van der Waals surface area contributed by atoms with E-state index in [1.165, 1.54) is 9.08 Å². The highest BCUT2D eigenvalue weighted by Crippen LogP contribution is 2.24. The number of aromatic nitrogens is 3. The van der Waals surface area contributed by atoms with Crippen LogP contribution >= 0.6 is 0 Å². The number of methoxy groups -OCH3 is 1. The highest BCUT2D eigenvalue weighted by atomic mass is 16.5. The van der Waals surface area contributed by atoms with E-state index in [-0.39, 0.29) is 5.56 Å². The zero-order valence-electron chi connectivity index (χ0n) is 17.3. The van der Waals surface area contributed by atoms with Crippen molar-refractivity contribution >= 4 is 5.65 Å². The van der Waals surface area contributed by atoms with E-state index in [1.54, 1.807) is 61.7 Å². The fourth-order valence-electron chi connectivity index (χ4n) is 3.76. The first kappa shape index (κ1) is 19.5. The minimum Gasteiger partial charge on any atom is -0.841 e. The Labute approximate surface area is 184 Å². The summed E-state index contributed by atoms with van der Waals surface area (Å²) in [5.41, 5.74) is 2.60. The lowest BCUT2D eigenvalue weighted by Gasteiger charge is -2.17. The van der Waals surface area contributed by atoms with Gasteiger partial charge in [0, 0.05) is 17.7 Å². The average molecular weight is 421 g/mol. The van der Waals surface area contributed by atoms with Gasteiger partial charge in [-0.1, -0.05) is 76.3 Å². The van der Waals surface area contributed by atoms with E-state index >= 15 is 0 Å². The number of fused-ring (bicyclic) bond motifs is 1. The SMILES string of the molecule is COc1cccc(-[n+]2c([O-])c(-c3ccccc3)c(=O)n3nc(-c4ccccc4)ccc32)c1. The van der Waals surface area contributed by atoms with Crippen molar-refractivity contribution in [2.75, 3.05) is 7.11 Å². The standard InChI is InChI=1S/C26H19N3O3/c1-32-21-14-8-13-20(17-21)28-23-16-15-22(18-9-4-2-5-10-18)27-29(23)26(31)24(25(28)30)19-11-6-3-7-12-19/h2-17H,1H3. The molecule has 32 heavy (non-hydrogen) atoms. The second-order valence-corrected chi connectivity index (χ2v) is 7.24. The molecule has 2 heterocycles. The molecule has 0 aliphatic carbocycles. The fourth-order valence-corrected chi connectivity index (χ4v) is 3.76. The second kappa shape index (κ2) is 8.00. The number of hydrogen-bond acceptors (Lipinski definition) is 4. The first-order valence-corrected chi connectivity index (χ1v) is 10.1. The van der Waals surface area contributed by atoms with Crippen LogP contribution in [0.1, 0.15) is 0 Å². The Morgan fingerprint density at radius 3 is 2.22 bits per heavy atom. The Morgan fingerprint density at radius 1 is 0.844 bits per heavy atom. The van der Waals surface area contributed by atoms with Crippen molar-refractivity contribution in [3.8, 4) is 39.7 Å². The highest BCUT2D eigenvalue weighted by molar-refractivity contribution is 5.67. The van der Waals surface area contributed by atoms with Gasteiger partial charge < -0.3 is 9.84 Å². The van der Waals surface area contributed by atoms with Crippen LogP contribution in [-0.2, 0) is 0 Å². The molecule has 6 heteroatoms. The lowest BCUT2D eigenvalue weighted by molar-refractivity contribution is -0.630. The molecular weight excluding hydrogens is 402 g/mol. The van der Waals surface area contributed by atoms with Gasteiger partial charge in [0.1, 0.15) is 22.7 Å². The molecule has 0 atom stereocenters. The summed E-state index contributed by atoms with van der Waals surface area (Å²) in [6.07, 6.45) is 0. The smallest absolute Gasteiger partial charge is 0.370 e. The molecule has 0 spiro atoms. The van der Waals surface area contributed by atoms with Gasteiger partial charge >= 0.3 is 11.2 Å². The second-order valence-electron chi connectivity index (χ2n) is 7.24. The van der Waals surface area contributed by atoms with Crippen LogP contribution in [0.3, 0.4) is 0 Å². The largest absolute Gasteiger partial charge is 0.841 e. The van der Waals surface area contributed by atoms with Crippen molar-refractivity contribution in [2.45, 2.75) is 0 Å². The third kappa shape index (κ3) is 3.28. The van der Waals surface area contributed by atoms with Crippen molar-refractivity contribution in [1.29, 1.82) is 0 Å². The summed E-state index contributed by atoms with van der Waals surface area (Å²) in [4.78, 5) is 13.5. The molecule has 0 N–H and O–H groups in total. The van der Waals surface area contributed by atoms with Crippen LogP contribution in [0.4, 0.5) is 0 Å². The molecule has 3 aromatic carbocycles. The van der Waals surface area contributed by atoms with E-state index in [4.69, 9.17) is 4.74 Å². The lowest BCUT2D eigenvalue weighted by Crippen LogP contribution is -2.42. The summed E-state index contributed by atoms with van der Waals surface area (Å²) < 4.78 is 8.14. The highest BCUT2D eigenvalue weighted by Gasteiger charge is 2.23. The summed E-state index contributed by atoms with van der Waals surface area (Å²) in [7, 11) is 1.57. The van der Waals surface area contributed by atoms with Gasteiger partial charge in [0.15, 0.2) is 0 Å². The van der Waals surface area contributed by atoms with Crippen molar-refractivity contribution in [3.05, 3.63) is 107 Å². The summed E-state index contributed by atoms with van der Waals surface area (Å²) >= 11 is 0. The van der Waals surface area contributed by atoms with Gasteiger partial charge in [-0.25, -0.2) is 9.36 Å². The molecule has 0 radical (unpaired) electrons. The topological polar surface area (TPSA) is 70.5 Å². The van der Waals surface area contributed by atoms with Crippen LogP contribution in [0.25, 0.3) is 33.7 Å². The molecule has 5 aromatic rings. The molecule has 0 saturated heterocycles. The van der Waals surface area contributed by atoms with Gasteiger partial charge in [-0.2, -0.15) is 0 Å². The van der Waals surface area contributed by atoms with Crippen molar-refractivity contribution in [3.63, 3.8) is 0 Å². The fraction of sp³-hybridized carbons (Fsp3) is 0.0385. The molecular formula is C26H19N3O3. The number of benzene rings is 3. The molecule has 0 unspecified atom stereocenters. The number of hydrogen-bond donors (Lipinski definition) is 0. The predicted molar refractivity (Wildman–Crippen MR) is 120 cm³/mol. The van der Waals surface area contributed by atoms with Crippen molar-refractivity contribution < 1.29 is 14.4 Å². The van der Waals surface area contributed by atoms with Crippen LogP contribution in [0.15, 0.2) is 102 Å². The summed E-state index contributed by atoms with van der Waals surface area (Å²) in [5, 5.41) is 18.3. The third-order valence-electron chi connectivity index (χ3n) is 5.31. The molecule has 0 aliphatic heterocycles. The lowest BCUT2D eigenvalue weighted by atomic mass is 10.1. The van der Waals surface area contributed by atoms with E-state index in [1.807, 2.05) is 42.5 Å². The van der Waals surface area contributed by atoms with Crippen LogP contribution in [-0.4, -0.2) is 16.7 Å². The van der Waals surface area contributed by atoms with Crippen molar-refractivity contribution in [2.24, 2.45) is 0 Å². The van der Waals surface area contributed by atoms with E-state index in [9.17, 15) is 9.90 Å². The molecule has 0 bridgehead atoms. The maximum Gasteiger partial charge on any atom is 0.370 e. The van der Waals surface area contributed by atoms with E-state index < -0.39 is 11.4 Å². The van der Waals surface area contributed by atoms with Gasteiger partial charge in [0.05, 0.1) is 13.0 Å². The Balaban J connectivity index is 1.88. The molecule has 5 rings (SSSR count). The minimum atomic E-state index is -0.465. The van der Waals surface area contributed by atoms with Crippen LogP contribution in [0.5, 0.6) is 11.6 Å². The molecule has 0 amide bonds. The minimum absolute atomic E-state index is 0.0589. The first-order valence-electron chi connectivity index (χ1n) is 10.1. The summed E-state index contributed by atoms with van der Waals surface area (Å²) in [6.45, 7) is 0. The Kier molecular flexibility index (Phi) is 4.88. The number of nitrogens with zero attached hydrogens (tertiary/aromatic N) is 3. The van der Waals surface area contributed by atoms with E-state index in [0.29, 0.717) is 28.3 Å². The maximum atomic E-state index is 13.6. The van der Waals surface area contributed by atoms with Gasteiger partial charge in [-0.3, -0.25) is 0 Å². The monoisotopic (exact) mass is 421 g/mol. The Hall–Kier alpha value is -4.45. The zero-order chi connectivity index (χ0) is 22.1. The van der Waals surface area contributed by atoms with Crippen LogP contribution < -0.4 is 20.0 Å². The number of rotatable bonds is 4. The van der Waals surface area contributed by atoms with E-state index in [0.717, 1.165) is 5.56 Å². The molecule has 2 aromatic heterocycles. The molecule has 0 fully saturated rings. The quantitative estimate of drug-likeness (QED) is 0.417. The summed E-state index contributed by atoms with van der Waals surface area (Å²) in [6, 6.07) is 29.3. The number of ether oxygens (including phenoxy) is 1. The average Bonchev–Trinajstić information content (AvgIpc) is 2.85. The Bertz CT molecular complexity index is 1480. The van der Waals surface area contributed by atoms with Gasteiger partial charge in [-0.05, 0) is 23.8 Å². The van der Waals surface area contributed by atoms with Gasteiger partial charge in [-0.15, -0.1) is 0 Å². The maximum absolute atomic E-state index is 13.6. The van der Waals surface area contributed by atoms with E-state index in [2.05, 4.69) is 5.10 Å². The van der Waals surface area contributed by atoms with Crippen molar-refractivity contribution in [1.82, 2.24) is 9.61 Å².